The van der Waals surface area contributed by atoms with Crippen LogP contribution in [0.2, 0.25) is 0 Å². The summed E-state index contributed by atoms with van der Waals surface area (Å²) in [5.74, 6) is 0. The molecule has 0 aromatic heterocycles. The molecule has 12 rings (SSSR count). The van der Waals surface area contributed by atoms with Crippen molar-refractivity contribution in [3.63, 3.8) is 0 Å². The van der Waals surface area contributed by atoms with Gasteiger partial charge in [0.05, 0.1) is 5.41 Å². The average molecular weight is 794 g/mol. The van der Waals surface area contributed by atoms with E-state index in [1.165, 1.54) is 87.3 Å². The fraction of sp³-hybridized carbons (Fsp3) is 0.0169. The molecule has 0 unspecified atom stereocenters. The lowest BCUT2D eigenvalue weighted by Crippen LogP contribution is -2.32. The highest BCUT2D eigenvalue weighted by Crippen LogP contribution is 2.63. The zero-order chi connectivity index (χ0) is 40.3. The maximum atomic E-state index is 2.39. The molecule has 1 heterocycles. The van der Waals surface area contributed by atoms with Crippen molar-refractivity contribution in [2.45, 2.75) is 15.2 Å². The van der Waals surface area contributed by atoms with Crippen LogP contribution in [0.15, 0.2) is 246 Å². The predicted octanol–water partition coefficient (Wildman–Crippen LogP) is 16.1. The molecule has 1 nitrogen and oxygen atoms in total. The summed E-state index contributed by atoms with van der Waals surface area (Å²) in [6.45, 7) is 0. The molecular weight excluding hydrogens is 755 g/mol. The minimum absolute atomic E-state index is 0.408. The van der Waals surface area contributed by atoms with Crippen LogP contribution in [0, 0.1) is 0 Å². The van der Waals surface area contributed by atoms with Gasteiger partial charge < -0.3 is 4.90 Å². The summed E-state index contributed by atoms with van der Waals surface area (Å²) >= 11 is 1.90. The first kappa shape index (κ1) is 35.5. The predicted molar refractivity (Wildman–Crippen MR) is 256 cm³/mol. The van der Waals surface area contributed by atoms with Crippen LogP contribution in [0.3, 0.4) is 0 Å². The van der Waals surface area contributed by atoms with Crippen molar-refractivity contribution >= 4 is 39.6 Å². The van der Waals surface area contributed by atoms with E-state index in [0.717, 1.165) is 17.1 Å². The molecule has 2 heteroatoms. The second-order valence-corrected chi connectivity index (χ2v) is 17.1. The second kappa shape index (κ2) is 14.4. The van der Waals surface area contributed by atoms with Gasteiger partial charge in [-0.2, -0.15) is 0 Å². The molecule has 286 valence electrons. The Hall–Kier alpha value is -7.39. The molecule has 1 spiro atoms. The first-order chi connectivity index (χ1) is 30.2. The zero-order valence-electron chi connectivity index (χ0n) is 33.4. The average Bonchev–Trinajstić information content (AvgIpc) is 3.63. The molecule has 0 bridgehead atoms. The Bertz CT molecular complexity index is 3110. The maximum Gasteiger partial charge on any atom is 0.0741 e. The molecule has 0 radical (unpaired) electrons. The van der Waals surface area contributed by atoms with E-state index >= 15 is 0 Å². The quantitative estimate of drug-likeness (QED) is 0.165. The highest BCUT2D eigenvalue weighted by atomic mass is 32.2. The Morgan fingerprint density at radius 2 is 0.738 bits per heavy atom. The van der Waals surface area contributed by atoms with E-state index in [4.69, 9.17) is 0 Å². The van der Waals surface area contributed by atoms with Crippen LogP contribution in [0.1, 0.15) is 22.3 Å². The number of rotatable bonds is 6. The minimum Gasteiger partial charge on any atom is -0.311 e. The van der Waals surface area contributed by atoms with Crippen molar-refractivity contribution in [2.24, 2.45) is 0 Å². The van der Waals surface area contributed by atoms with Gasteiger partial charge in [-0.25, -0.2) is 0 Å². The highest BCUT2D eigenvalue weighted by molar-refractivity contribution is 7.99. The number of benzene rings is 10. The Labute approximate surface area is 361 Å². The number of anilines is 3. The Balaban J connectivity index is 0.950. The van der Waals surface area contributed by atoms with Crippen molar-refractivity contribution in [1.29, 1.82) is 0 Å². The van der Waals surface area contributed by atoms with Gasteiger partial charge in [-0.1, -0.05) is 194 Å². The number of hydrogen-bond donors (Lipinski definition) is 0. The molecule has 2 aliphatic rings. The molecule has 0 fully saturated rings. The highest BCUT2D eigenvalue weighted by Gasteiger charge is 2.50. The van der Waals surface area contributed by atoms with Gasteiger partial charge in [-0.3, -0.25) is 0 Å². The van der Waals surface area contributed by atoms with Crippen LogP contribution in [-0.4, -0.2) is 0 Å². The molecule has 0 saturated carbocycles. The van der Waals surface area contributed by atoms with Gasteiger partial charge in [0.1, 0.15) is 0 Å². The third-order valence-electron chi connectivity index (χ3n) is 12.7. The largest absolute Gasteiger partial charge is 0.311 e. The minimum atomic E-state index is -0.408. The monoisotopic (exact) mass is 793 g/mol. The molecule has 1 aliphatic carbocycles. The summed E-state index contributed by atoms with van der Waals surface area (Å²) in [7, 11) is 0. The molecule has 0 amide bonds. The van der Waals surface area contributed by atoms with Crippen LogP contribution in [-0.2, 0) is 5.41 Å². The summed E-state index contributed by atoms with van der Waals surface area (Å²) in [6, 6.07) is 87.0. The standard InChI is InChI=1S/C59H39NS/c1-3-13-40(14-4-1)42-23-31-47(32-24-42)60(48-33-25-43(26-34-48)41-15-5-2-6-16-41)49-35-27-44(28-36-49)45-29-37-50-46(39-45)30-38-57-58(50)59(55-21-11-12-22-56(55)61-57)53-19-9-7-17-51(53)52-18-8-10-20-54(52)59/h1-39H. The summed E-state index contributed by atoms with van der Waals surface area (Å²) < 4.78 is 0. The van der Waals surface area contributed by atoms with E-state index in [-0.39, 0.29) is 0 Å². The topological polar surface area (TPSA) is 3.24 Å². The smallest absolute Gasteiger partial charge is 0.0741 e. The van der Waals surface area contributed by atoms with E-state index in [1.54, 1.807) is 0 Å². The second-order valence-electron chi connectivity index (χ2n) is 16.0. The van der Waals surface area contributed by atoms with Gasteiger partial charge in [0.15, 0.2) is 0 Å². The van der Waals surface area contributed by atoms with Crippen molar-refractivity contribution in [3.8, 4) is 44.5 Å². The molecule has 1 aliphatic heterocycles. The van der Waals surface area contributed by atoms with Crippen LogP contribution in [0.25, 0.3) is 55.3 Å². The first-order valence-corrected chi connectivity index (χ1v) is 21.8. The van der Waals surface area contributed by atoms with Gasteiger partial charge in [0.25, 0.3) is 0 Å². The Morgan fingerprint density at radius 3 is 1.28 bits per heavy atom. The van der Waals surface area contributed by atoms with Gasteiger partial charge in [0, 0.05) is 26.9 Å². The van der Waals surface area contributed by atoms with Crippen molar-refractivity contribution in [1.82, 2.24) is 0 Å². The normalized spacial score (nSPS) is 13.0. The van der Waals surface area contributed by atoms with Crippen molar-refractivity contribution in [2.75, 3.05) is 4.90 Å². The molecule has 10 aromatic carbocycles. The van der Waals surface area contributed by atoms with Gasteiger partial charge in [-0.05, 0) is 132 Å². The summed E-state index contributed by atoms with van der Waals surface area (Å²) in [4.78, 5) is 5.00. The van der Waals surface area contributed by atoms with Gasteiger partial charge in [0.2, 0.25) is 0 Å². The zero-order valence-corrected chi connectivity index (χ0v) is 34.2. The molecule has 0 saturated heterocycles. The fourth-order valence-corrected chi connectivity index (χ4v) is 11.2. The molecule has 0 atom stereocenters. The third-order valence-corrected chi connectivity index (χ3v) is 13.9. The molecule has 61 heavy (non-hydrogen) atoms. The maximum absolute atomic E-state index is 2.39. The number of nitrogens with zero attached hydrogens (tertiary/aromatic N) is 1. The first-order valence-electron chi connectivity index (χ1n) is 21.0. The van der Waals surface area contributed by atoms with E-state index in [2.05, 4.69) is 241 Å². The lowest BCUT2D eigenvalue weighted by molar-refractivity contribution is 0.730. The lowest BCUT2D eigenvalue weighted by atomic mass is 9.66. The van der Waals surface area contributed by atoms with Crippen molar-refractivity contribution < 1.29 is 0 Å². The summed E-state index contributed by atoms with van der Waals surface area (Å²) in [6.07, 6.45) is 0. The van der Waals surface area contributed by atoms with Gasteiger partial charge in [-0.15, -0.1) is 0 Å². The lowest BCUT2D eigenvalue weighted by Gasteiger charge is -2.40. The van der Waals surface area contributed by atoms with E-state index in [0.29, 0.717) is 0 Å². The number of hydrogen-bond acceptors (Lipinski definition) is 2. The Kier molecular flexibility index (Phi) is 8.40. The molecule has 10 aromatic rings. The Morgan fingerprint density at radius 1 is 0.311 bits per heavy atom. The van der Waals surface area contributed by atoms with Crippen molar-refractivity contribution in [3.05, 3.63) is 259 Å². The molecular formula is C59H39NS. The third kappa shape index (κ3) is 5.71. The summed E-state index contributed by atoms with van der Waals surface area (Å²) in [5, 5.41) is 2.55. The summed E-state index contributed by atoms with van der Waals surface area (Å²) in [5.41, 5.74) is 18.3. The van der Waals surface area contributed by atoms with Crippen LogP contribution >= 0.6 is 11.8 Å². The van der Waals surface area contributed by atoms with Crippen LogP contribution in [0.4, 0.5) is 17.1 Å². The van der Waals surface area contributed by atoms with E-state index in [9.17, 15) is 0 Å². The van der Waals surface area contributed by atoms with E-state index < -0.39 is 5.41 Å². The number of fused-ring (bicyclic) bond motifs is 11. The SMILES string of the molecule is c1ccc(-c2ccc(N(c3ccc(-c4ccccc4)cc3)c3ccc(-c4ccc5c6c(ccc5c4)Sc4ccccc4C64c5ccccc5-c5ccccc54)cc3)cc2)cc1. The van der Waals surface area contributed by atoms with E-state index in [1.807, 2.05) is 11.8 Å². The van der Waals surface area contributed by atoms with Crippen LogP contribution < -0.4 is 4.90 Å². The fourth-order valence-electron chi connectivity index (χ4n) is 9.99. The van der Waals surface area contributed by atoms with Crippen LogP contribution in [0.5, 0.6) is 0 Å². The van der Waals surface area contributed by atoms with Gasteiger partial charge >= 0.3 is 0 Å². The molecule has 0 N–H and O–H groups in total.